The molecule has 0 aliphatic carbocycles. The van der Waals surface area contributed by atoms with E-state index < -0.39 is 29.2 Å². The number of rotatable bonds is 8. The maximum Gasteiger partial charge on any atom is 0.277 e. The number of ether oxygens (including phenoxy) is 1. The summed E-state index contributed by atoms with van der Waals surface area (Å²) in [5.74, 6) is -3.24. The van der Waals surface area contributed by atoms with Gasteiger partial charge in [-0.25, -0.2) is 8.78 Å². The van der Waals surface area contributed by atoms with Gasteiger partial charge in [0.25, 0.3) is 16.1 Å². The molecule has 0 spiro atoms. The van der Waals surface area contributed by atoms with Crippen molar-refractivity contribution in [1.82, 2.24) is 9.44 Å². The second-order valence-electron chi connectivity index (χ2n) is 2.77. The Morgan fingerprint density at radius 1 is 1.40 bits per heavy atom. The van der Waals surface area contributed by atoms with Gasteiger partial charge in [-0.2, -0.15) is 17.9 Å². The van der Waals surface area contributed by atoms with Gasteiger partial charge in [-0.1, -0.05) is 0 Å². The zero-order valence-corrected chi connectivity index (χ0v) is 9.11. The van der Waals surface area contributed by atoms with Crippen LogP contribution < -0.4 is 15.2 Å². The topological polar surface area (TPSA) is 93.4 Å². The zero-order chi connectivity index (χ0) is 11.9. The van der Waals surface area contributed by atoms with Gasteiger partial charge in [-0.3, -0.25) is 0 Å². The fourth-order valence-electron chi connectivity index (χ4n) is 0.602. The van der Waals surface area contributed by atoms with Crippen molar-refractivity contribution < 1.29 is 21.9 Å². The minimum atomic E-state index is -3.91. The van der Waals surface area contributed by atoms with Crippen LogP contribution in [0.5, 0.6) is 0 Å². The summed E-state index contributed by atoms with van der Waals surface area (Å²) >= 11 is 0. The van der Waals surface area contributed by atoms with Crippen molar-refractivity contribution in [1.29, 1.82) is 0 Å². The molecule has 9 heteroatoms. The van der Waals surface area contributed by atoms with Gasteiger partial charge in [-0.15, -0.1) is 0 Å². The van der Waals surface area contributed by atoms with Crippen molar-refractivity contribution in [3.05, 3.63) is 0 Å². The quantitative estimate of drug-likeness (QED) is 0.462. The van der Waals surface area contributed by atoms with Gasteiger partial charge >= 0.3 is 0 Å². The minimum absolute atomic E-state index is 0.0139. The Morgan fingerprint density at radius 2 is 2.00 bits per heavy atom. The molecule has 0 heterocycles. The van der Waals surface area contributed by atoms with Crippen LogP contribution >= 0.6 is 0 Å². The maximum absolute atomic E-state index is 12.6. The number of hydrogen-bond donors (Lipinski definition) is 3. The summed E-state index contributed by atoms with van der Waals surface area (Å²) in [4.78, 5) is 0. The lowest BCUT2D eigenvalue weighted by Gasteiger charge is -2.14. The average Bonchev–Trinajstić information content (AvgIpc) is 2.16. The van der Waals surface area contributed by atoms with E-state index in [1.807, 2.05) is 4.72 Å². The standard InChI is InChI=1S/C6H15F2N3O3S/c1-14-3-2-10-15(12,13)11-5-6(7,8)4-9/h10-11H,2-5,9H2,1H3. The molecule has 0 aliphatic heterocycles. The lowest BCUT2D eigenvalue weighted by atomic mass is 10.3. The van der Waals surface area contributed by atoms with Crippen LogP contribution in [0.2, 0.25) is 0 Å². The van der Waals surface area contributed by atoms with Gasteiger partial charge in [-0.05, 0) is 0 Å². The van der Waals surface area contributed by atoms with E-state index in [0.29, 0.717) is 0 Å². The molecule has 0 atom stereocenters. The van der Waals surface area contributed by atoms with Crippen molar-refractivity contribution in [3.63, 3.8) is 0 Å². The van der Waals surface area contributed by atoms with Crippen molar-refractivity contribution in [2.45, 2.75) is 5.92 Å². The molecule has 0 radical (unpaired) electrons. The fourth-order valence-corrected chi connectivity index (χ4v) is 1.46. The number of halogens is 2. The second kappa shape index (κ2) is 6.28. The fraction of sp³-hybridized carbons (Fsp3) is 1.00. The number of methoxy groups -OCH3 is 1. The highest BCUT2D eigenvalue weighted by atomic mass is 32.2. The molecule has 4 N–H and O–H groups in total. The summed E-state index contributed by atoms with van der Waals surface area (Å²) in [6, 6.07) is 0. The van der Waals surface area contributed by atoms with E-state index in [-0.39, 0.29) is 13.2 Å². The normalized spacial score (nSPS) is 13.1. The van der Waals surface area contributed by atoms with E-state index in [1.165, 1.54) is 7.11 Å². The molecule has 6 nitrogen and oxygen atoms in total. The summed E-state index contributed by atoms with van der Waals surface area (Å²) in [6.45, 7) is -1.76. The minimum Gasteiger partial charge on any atom is -0.383 e. The van der Waals surface area contributed by atoms with E-state index in [1.54, 1.807) is 4.72 Å². The Morgan fingerprint density at radius 3 is 2.47 bits per heavy atom. The van der Waals surface area contributed by atoms with E-state index in [2.05, 4.69) is 4.74 Å². The molecule has 0 fully saturated rings. The molecular weight excluding hydrogens is 232 g/mol. The molecule has 0 rings (SSSR count). The largest absolute Gasteiger partial charge is 0.383 e. The predicted octanol–water partition coefficient (Wildman–Crippen LogP) is -1.35. The summed E-state index contributed by atoms with van der Waals surface area (Å²) in [6.07, 6.45) is 0. The van der Waals surface area contributed by atoms with Crippen molar-refractivity contribution in [2.24, 2.45) is 5.73 Å². The highest BCUT2D eigenvalue weighted by molar-refractivity contribution is 7.87. The predicted molar refractivity (Wildman–Crippen MR) is 50.8 cm³/mol. The van der Waals surface area contributed by atoms with Crippen LogP contribution in [0.15, 0.2) is 0 Å². The number of alkyl halides is 2. The molecule has 92 valence electrons. The van der Waals surface area contributed by atoms with Crippen LogP contribution in [0.4, 0.5) is 8.78 Å². The van der Waals surface area contributed by atoms with Gasteiger partial charge in [0, 0.05) is 13.7 Å². The molecule has 0 saturated carbocycles. The van der Waals surface area contributed by atoms with Crippen LogP contribution in [0.3, 0.4) is 0 Å². The first-order chi connectivity index (χ1) is 6.83. The van der Waals surface area contributed by atoms with E-state index in [4.69, 9.17) is 5.73 Å². The van der Waals surface area contributed by atoms with Crippen LogP contribution in [-0.4, -0.2) is 47.7 Å². The lowest BCUT2D eigenvalue weighted by molar-refractivity contribution is 0.0169. The molecule has 0 aliphatic rings. The molecule has 0 amide bonds. The summed E-state index contributed by atoms with van der Waals surface area (Å²) < 4.78 is 55.5. The van der Waals surface area contributed by atoms with E-state index >= 15 is 0 Å². The third kappa shape index (κ3) is 7.56. The summed E-state index contributed by atoms with van der Waals surface area (Å²) in [5, 5.41) is 0. The first-order valence-electron chi connectivity index (χ1n) is 4.14. The average molecular weight is 247 g/mol. The second-order valence-corrected chi connectivity index (χ2v) is 4.36. The first-order valence-corrected chi connectivity index (χ1v) is 5.62. The number of nitrogens with one attached hydrogen (secondary N) is 2. The molecule has 0 aromatic heterocycles. The molecule has 0 saturated heterocycles. The molecule has 0 aromatic rings. The molecule has 0 aromatic carbocycles. The number of hydrogen-bond acceptors (Lipinski definition) is 4. The highest BCUT2D eigenvalue weighted by Gasteiger charge is 2.28. The van der Waals surface area contributed by atoms with Crippen molar-refractivity contribution in [2.75, 3.05) is 33.4 Å². The van der Waals surface area contributed by atoms with Crippen LogP contribution in [-0.2, 0) is 14.9 Å². The van der Waals surface area contributed by atoms with Gasteiger partial charge in [0.2, 0.25) is 0 Å². The number of nitrogens with two attached hydrogens (primary N) is 1. The monoisotopic (exact) mass is 247 g/mol. The van der Waals surface area contributed by atoms with E-state index in [0.717, 1.165) is 0 Å². The van der Waals surface area contributed by atoms with Crippen molar-refractivity contribution >= 4 is 10.2 Å². The molecule has 0 unspecified atom stereocenters. The molecule has 0 bridgehead atoms. The molecule has 15 heavy (non-hydrogen) atoms. The maximum atomic E-state index is 12.6. The Labute approximate surface area is 87.3 Å². The van der Waals surface area contributed by atoms with Gasteiger partial charge in [0.1, 0.15) is 0 Å². The lowest BCUT2D eigenvalue weighted by Crippen LogP contribution is -2.46. The summed E-state index contributed by atoms with van der Waals surface area (Å²) in [7, 11) is -2.52. The highest BCUT2D eigenvalue weighted by Crippen LogP contribution is 2.08. The Balaban J connectivity index is 3.94. The van der Waals surface area contributed by atoms with Gasteiger partial charge < -0.3 is 10.5 Å². The van der Waals surface area contributed by atoms with Crippen molar-refractivity contribution in [3.8, 4) is 0 Å². The molecular formula is C6H15F2N3O3S. The Hall–Kier alpha value is -0.350. The third-order valence-corrected chi connectivity index (χ3v) is 2.53. The van der Waals surface area contributed by atoms with E-state index in [9.17, 15) is 17.2 Å². The van der Waals surface area contributed by atoms with Crippen LogP contribution in [0.25, 0.3) is 0 Å². The Bertz CT molecular complexity index is 271. The third-order valence-electron chi connectivity index (χ3n) is 1.42. The summed E-state index contributed by atoms with van der Waals surface area (Å²) in [5.41, 5.74) is 4.73. The SMILES string of the molecule is COCCNS(=O)(=O)NCC(F)(F)CN. The van der Waals surface area contributed by atoms with Crippen LogP contribution in [0.1, 0.15) is 0 Å². The van der Waals surface area contributed by atoms with Gasteiger partial charge in [0.15, 0.2) is 0 Å². The first kappa shape index (κ1) is 14.6. The smallest absolute Gasteiger partial charge is 0.277 e. The van der Waals surface area contributed by atoms with Crippen LogP contribution in [0, 0.1) is 0 Å². The zero-order valence-electron chi connectivity index (χ0n) is 8.29. The van der Waals surface area contributed by atoms with Gasteiger partial charge in [0.05, 0.1) is 19.7 Å². The Kier molecular flexibility index (Phi) is 6.13.